The summed E-state index contributed by atoms with van der Waals surface area (Å²) >= 11 is 5.88. The van der Waals surface area contributed by atoms with Crippen molar-refractivity contribution in [2.75, 3.05) is 6.54 Å². The molecule has 9 heteroatoms. The zero-order chi connectivity index (χ0) is 21.2. The van der Waals surface area contributed by atoms with Crippen molar-refractivity contribution in [2.24, 2.45) is 0 Å². The maximum absolute atomic E-state index is 14.0. The molecule has 3 rings (SSSR count). The topological polar surface area (TPSA) is 76.4 Å². The number of carbonyl (C=O) groups excluding carboxylic acids is 1. The molecule has 3 aromatic rings. The molecular formula is C20H16ClF2NO4S. The molecule has 0 unspecified atom stereocenters. The normalized spacial score (nSPS) is 12.6. The third kappa shape index (κ3) is 4.33. The van der Waals surface area contributed by atoms with E-state index in [0.29, 0.717) is 0 Å². The first kappa shape index (κ1) is 21.0. The Bertz CT molecular complexity index is 1130. The van der Waals surface area contributed by atoms with E-state index in [1.807, 2.05) is 0 Å². The lowest BCUT2D eigenvalue weighted by Gasteiger charge is -2.17. The maximum Gasteiger partial charge on any atom is 0.255 e. The standard InChI is InChI=1S/C20H16ClF2NO4S/c1-12-10-13(7-8-15(12)22)29(26,27)18(17-6-3-9-28-17)11-24-20(25)19-14(21)4-2-5-16(19)23/h2-10,18H,11H2,1H3,(H,24,25)/t18-/m0/s1. The monoisotopic (exact) mass is 439 g/mol. The Hall–Kier alpha value is -2.71. The fourth-order valence-electron chi connectivity index (χ4n) is 2.78. The predicted octanol–water partition coefficient (Wildman–Crippen LogP) is 4.46. The van der Waals surface area contributed by atoms with Crippen molar-refractivity contribution in [3.63, 3.8) is 0 Å². The highest BCUT2D eigenvalue weighted by Crippen LogP contribution is 2.30. The molecule has 29 heavy (non-hydrogen) atoms. The average Bonchev–Trinajstić information content (AvgIpc) is 3.18. The van der Waals surface area contributed by atoms with Crippen LogP contribution in [0.3, 0.4) is 0 Å². The number of halogens is 3. The summed E-state index contributed by atoms with van der Waals surface area (Å²) in [5, 5.41) is 0.983. The molecule has 1 amide bonds. The number of furan rings is 1. The van der Waals surface area contributed by atoms with Crippen LogP contribution in [0.25, 0.3) is 0 Å². The lowest BCUT2D eigenvalue weighted by molar-refractivity contribution is 0.0949. The second kappa shape index (κ2) is 8.34. The largest absolute Gasteiger partial charge is 0.468 e. The first-order valence-corrected chi connectivity index (χ1v) is 10.4. The Labute approximate surface area is 171 Å². The summed E-state index contributed by atoms with van der Waals surface area (Å²) in [7, 11) is -4.06. The van der Waals surface area contributed by atoms with Crippen LogP contribution in [0.15, 0.2) is 64.1 Å². The molecule has 1 atom stereocenters. The molecule has 152 valence electrons. The van der Waals surface area contributed by atoms with Gasteiger partial charge in [0.25, 0.3) is 5.91 Å². The summed E-state index contributed by atoms with van der Waals surface area (Å²) in [5.41, 5.74) is -0.228. The van der Waals surface area contributed by atoms with Crippen molar-refractivity contribution in [2.45, 2.75) is 17.1 Å². The Kier molecular flexibility index (Phi) is 6.04. The molecule has 0 aliphatic heterocycles. The van der Waals surface area contributed by atoms with E-state index in [9.17, 15) is 22.0 Å². The molecule has 0 saturated carbocycles. The number of rotatable bonds is 6. The highest BCUT2D eigenvalue weighted by atomic mass is 35.5. The molecule has 1 aromatic heterocycles. The third-order valence-corrected chi connectivity index (χ3v) is 6.70. The fraction of sp³-hybridized carbons (Fsp3) is 0.150. The Morgan fingerprint density at radius 3 is 2.52 bits per heavy atom. The van der Waals surface area contributed by atoms with E-state index in [1.165, 1.54) is 43.5 Å². The third-order valence-electron chi connectivity index (χ3n) is 4.33. The van der Waals surface area contributed by atoms with E-state index in [4.69, 9.17) is 16.0 Å². The van der Waals surface area contributed by atoms with Gasteiger partial charge in [0.1, 0.15) is 22.6 Å². The number of nitrogens with one attached hydrogen (secondary N) is 1. The van der Waals surface area contributed by atoms with Crippen molar-refractivity contribution >= 4 is 27.3 Å². The van der Waals surface area contributed by atoms with Gasteiger partial charge in [-0.05, 0) is 55.0 Å². The molecule has 2 aromatic carbocycles. The molecule has 0 bridgehead atoms. The molecule has 1 N–H and O–H groups in total. The number of amides is 1. The molecule has 1 heterocycles. The molecular weight excluding hydrogens is 424 g/mol. The molecule has 0 aliphatic rings. The number of sulfone groups is 1. The average molecular weight is 440 g/mol. The van der Waals surface area contributed by atoms with Gasteiger partial charge >= 0.3 is 0 Å². The van der Waals surface area contributed by atoms with Crippen molar-refractivity contribution < 1.29 is 26.4 Å². The van der Waals surface area contributed by atoms with Crippen molar-refractivity contribution in [1.82, 2.24) is 5.32 Å². The van der Waals surface area contributed by atoms with Gasteiger partial charge in [-0.15, -0.1) is 0 Å². The SMILES string of the molecule is Cc1cc(S(=O)(=O)[C@@H](CNC(=O)c2c(F)cccc2Cl)c2ccco2)ccc1F. The minimum absolute atomic E-state index is 0.0758. The molecule has 0 radical (unpaired) electrons. The molecule has 0 saturated heterocycles. The van der Waals surface area contributed by atoms with Crippen LogP contribution in [0.2, 0.25) is 5.02 Å². The summed E-state index contributed by atoms with van der Waals surface area (Å²) in [5.74, 6) is -2.16. The zero-order valence-electron chi connectivity index (χ0n) is 15.2. The lowest BCUT2D eigenvalue weighted by Crippen LogP contribution is -2.32. The second-order valence-corrected chi connectivity index (χ2v) is 8.80. The van der Waals surface area contributed by atoms with Gasteiger partial charge in [0, 0.05) is 6.54 Å². The minimum atomic E-state index is -4.06. The lowest BCUT2D eigenvalue weighted by atomic mass is 10.2. The van der Waals surface area contributed by atoms with Crippen LogP contribution >= 0.6 is 11.6 Å². The van der Waals surface area contributed by atoms with Gasteiger partial charge in [0.05, 0.1) is 21.7 Å². The van der Waals surface area contributed by atoms with Gasteiger partial charge in [-0.25, -0.2) is 17.2 Å². The maximum atomic E-state index is 14.0. The van der Waals surface area contributed by atoms with Gasteiger partial charge < -0.3 is 9.73 Å². The van der Waals surface area contributed by atoms with Crippen LogP contribution in [0.1, 0.15) is 26.9 Å². The van der Waals surface area contributed by atoms with E-state index >= 15 is 0 Å². The Morgan fingerprint density at radius 1 is 1.14 bits per heavy atom. The molecule has 0 spiro atoms. The van der Waals surface area contributed by atoms with Gasteiger partial charge in [0.15, 0.2) is 9.84 Å². The number of carbonyl (C=O) groups is 1. The molecule has 5 nitrogen and oxygen atoms in total. The van der Waals surface area contributed by atoms with Gasteiger partial charge in [0.2, 0.25) is 0 Å². The van der Waals surface area contributed by atoms with Crippen LogP contribution < -0.4 is 5.32 Å². The first-order valence-electron chi connectivity index (χ1n) is 8.47. The van der Waals surface area contributed by atoms with Gasteiger partial charge in [-0.3, -0.25) is 4.79 Å². The first-order chi connectivity index (χ1) is 13.7. The highest BCUT2D eigenvalue weighted by Gasteiger charge is 2.32. The van der Waals surface area contributed by atoms with Crippen molar-refractivity contribution in [1.29, 1.82) is 0 Å². The number of aryl methyl sites for hydroxylation is 1. The number of hydrogen-bond donors (Lipinski definition) is 1. The number of benzene rings is 2. The van der Waals surface area contributed by atoms with E-state index in [2.05, 4.69) is 5.32 Å². The van der Waals surface area contributed by atoms with Crippen LogP contribution in [-0.4, -0.2) is 20.9 Å². The van der Waals surface area contributed by atoms with E-state index in [0.717, 1.165) is 18.2 Å². The second-order valence-electron chi connectivity index (χ2n) is 6.27. The van der Waals surface area contributed by atoms with Crippen molar-refractivity contribution in [3.8, 4) is 0 Å². The van der Waals surface area contributed by atoms with E-state index in [-0.39, 0.29) is 26.8 Å². The summed E-state index contributed by atoms with van der Waals surface area (Å²) in [6.07, 6.45) is 1.29. The van der Waals surface area contributed by atoms with E-state index < -0.39 is 39.2 Å². The Balaban J connectivity index is 1.93. The predicted molar refractivity (Wildman–Crippen MR) is 104 cm³/mol. The van der Waals surface area contributed by atoms with Crippen molar-refractivity contribution in [3.05, 3.63) is 88.3 Å². The highest BCUT2D eigenvalue weighted by molar-refractivity contribution is 7.91. The van der Waals surface area contributed by atoms with Crippen LogP contribution in [0, 0.1) is 18.6 Å². The van der Waals surface area contributed by atoms with Crippen LogP contribution in [0.5, 0.6) is 0 Å². The van der Waals surface area contributed by atoms with Crippen LogP contribution in [0.4, 0.5) is 8.78 Å². The summed E-state index contributed by atoms with van der Waals surface area (Å²) < 4.78 is 59.0. The van der Waals surface area contributed by atoms with Gasteiger partial charge in [-0.1, -0.05) is 17.7 Å². The Morgan fingerprint density at radius 2 is 1.90 bits per heavy atom. The van der Waals surface area contributed by atoms with Crippen LogP contribution in [-0.2, 0) is 9.84 Å². The van der Waals surface area contributed by atoms with Gasteiger partial charge in [-0.2, -0.15) is 0 Å². The smallest absolute Gasteiger partial charge is 0.255 e. The molecule has 0 aliphatic carbocycles. The zero-order valence-corrected chi connectivity index (χ0v) is 16.7. The quantitative estimate of drug-likeness (QED) is 0.575. The molecule has 0 fully saturated rings. The fourth-order valence-corrected chi connectivity index (χ4v) is 4.70. The summed E-state index contributed by atoms with van der Waals surface area (Å²) in [6.45, 7) is 1.04. The number of hydrogen-bond acceptors (Lipinski definition) is 4. The minimum Gasteiger partial charge on any atom is -0.468 e. The summed E-state index contributed by atoms with van der Waals surface area (Å²) in [6, 6.07) is 10.1. The summed E-state index contributed by atoms with van der Waals surface area (Å²) in [4.78, 5) is 12.3. The van der Waals surface area contributed by atoms with E-state index in [1.54, 1.807) is 0 Å².